The van der Waals surface area contributed by atoms with Crippen molar-refractivity contribution in [2.75, 3.05) is 0 Å². The van der Waals surface area contributed by atoms with E-state index in [1.165, 1.54) is 4.90 Å². The van der Waals surface area contributed by atoms with Gasteiger partial charge in [-0.1, -0.05) is 60.2 Å². The van der Waals surface area contributed by atoms with Crippen molar-refractivity contribution in [3.8, 4) is 6.19 Å². The number of carboxylic acids is 1. The van der Waals surface area contributed by atoms with Crippen LogP contribution in [-0.2, 0) is 11.3 Å². The fourth-order valence-corrected chi connectivity index (χ4v) is 2.28. The van der Waals surface area contributed by atoms with Crippen molar-refractivity contribution < 1.29 is 9.90 Å². The molecule has 0 bridgehead atoms. The fraction of sp³-hybridized carbons (Fsp3) is 0.176. The number of carbonyl (C=O) groups is 1. The maximum Gasteiger partial charge on any atom is 0.331 e. The van der Waals surface area contributed by atoms with Crippen molar-refractivity contribution in [2.45, 2.75) is 19.5 Å². The van der Waals surface area contributed by atoms with Crippen molar-refractivity contribution in [3.63, 3.8) is 0 Å². The Morgan fingerprint density at radius 3 is 2.52 bits per heavy atom. The molecule has 1 unspecified atom stereocenters. The van der Waals surface area contributed by atoms with Crippen LogP contribution in [0.4, 0.5) is 0 Å². The molecule has 0 amide bonds. The van der Waals surface area contributed by atoms with Crippen LogP contribution in [0.1, 0.15) is 22.7 Å². The van der Waals surface area contributed by atoms with E-state index in [4.69, 9.17) is 0 Å². The highest BCUT2D eigenvalue weighted by molar-refractivity contribution is 5.75. The second-order valence-corrected chi connectivity index (χ2v) is 4.87. The molecule has 2 aromatic rings. The van der Waals surface area contributed by atoms with E-state index in [-0.39, 0.29) is 6.54 Å². The normalized spacial score (nSPS) is 11.4. The van der Waals surface area contributed by atoms with Gasteiger partial charge in [-0.15, -0.1) is 0 Å². The Bertz CT molecular complexity index is 662. The second-order valence-electron chi connectivity index (χ2n) is 4.87. The minimum atomic E-state index is -1.03. The van der Waals surface area contributed by atoms with Crippen LogP contribution in [0, 0.1) is 18.4 Å². The molecular weight excluding hydrogens is 264 g/mol. The molecule has 0 saturated carbocycles. The smallest absolute Gasteiger partial charge is 0.331 e. The van der Waals surface area contributed by atoms with Gasteiger partial charge >= 0.3 is 5.97 Å². The van der Waals surface area contributed by atoms with Crippen LogP contribution in [0.5, 0.6) is 0 Å². The Kier molecular flexibility index (Phi) is 4.57. The van der Waals surface area contributed by atoms with Crippen LogP contribution in [-0.4, -0.2) is 16.0 Å². The molecule has 0 radical (unpaired) electrons. The van der Waals surface area contributed by atoms with Gasteiger partial charge in [-0.2, -0.15) is 5.26 Å². The lowest BCUT2D eigenvalue weighted by Crippen LogP contribution is -2.30. The van der Waals surface area contributed by atoms with Gasteiger partial charge in [-0.25, -0.2) is 4.79 Å². The first-order valence-electron chi connectivity index (χ1n) is 6.61. The third kappa shape index (κ3) is 3.61. The number of aliphatic carboxylic acids is 1. The summed E-state index contributed by atoms with van der Waals surface area (Å²) in [5.74, 6) is -1.03. The van der Waals surface area contributed by atoms with Gasteiger partial charge in [0.15, 0.2) is 12.2 Å². The molecule has 0 aromatic heterocycles. The van der Waals surface area contributed by atoms with Gasteiger partial charge in [-0.05, 0) is 18.1 Å². The number of carboxylic acid groups (broad SMARTS) is 1. The number of nitrogens with zero attached hydrogens (tertiary/aromatic N) is 2. The van der Waals surface area contributed by atoms with E-state index < -0.39 is 12.0 Å². The Balaban J connectivity index is 2.29. The lowest BCUT2D eigenvalue weighted by Gasteiger charge is -2.24. The molecule has 106 valence electrons. The summed E-state index contributed by atoms with van der Waals surface area (Å²) < 4.78 is 0. The average molecular weight is 280 g/mol. The SMILES string of the molecule is Cc1cccc(CN(C#N)C(C(=O)O)c2ccccc2)c1. The summed E-state index contributed by atoms with van der Waals surface area (Å²) in [5.41, 5.74) is 2.59. The first-order chi connectivity index (χ1) is 10.1. The van der Waals surface area contributed by atoms with E-state index >= 15 is 0 Å². The molecule has 0 fully saturated rings. The van der Waals surface area contributed by atoms with E-state index in [1.807, 2.05) is 43.4 Å². The van der Waals surface area contributed by atoms with Gasteiger partial charge in [-0.3, -0.25) is 4.90 Å². The number of aryl methyl sites for hydroxylation is 1. The standard InChI is InChI=1S/C17H16N2O2/c1-13-6-5-7-14(10-13)11-19(12-18)16(17(20)21)15-8-3-2-4-9-15/h2-10,16H,11H2,1H3,(H,20,21). The van der Waals surface area contributed by atoms with E-state index in [1.54, 1.807) is 24.3 Å². The van der Waals surface area contributed by atoms with Gasteiger partial charge in [0.05, 0.1) is 6.54 Å². The molecule has 1 N–H and O–H groups in total. The van der Waals surface area contributed by atoms with E-state index in [0.717, 1.165) is 11.1 Å². The minimum Gasteiger partial charge on any atom is -0.479 e. The van der Waals surface area contributed by atoms with Crippen molar-refractivity contribution in [1.29, 1.82) is 5.26 Å². The van der Waals surface area contributed by atoms with Crippen LogP contribution in [0.25, 0.3) is 0 Å². The molecule has 4 nitrogen and oxygen atoms in total. The van der Waals surface area contributed by atoms with E-state index in [0.29, 0.717) is 5.56 Å². The number of nitriles is 1. The summed E-state index contributed by atoms with van der Waals surface area (Å²) in [6, 6.07) is 15.5. The van der Waals surface area contributed by atoms with Crippen LogP contribution in [0.2, 0.25) is 0 Å². The van der Waals surface area contributed by atoms with Gasteiger partial charge in [0.1, 0.15) is 0 Å². The molecule has 4 heteroatoms. The minimum absolute atomic E-state index is 0.268. The molecule has 0 heterocycles. The van der Waals surface area contributed by atoms with Crippen LogP contribution in [0.3, 0.4) is 0 Å². The zero-order valence-corrected chi connectivity index (χ0v) is 11.7. The Labute approximate surface area is 123 Å². The molecule has 0 saturated heterocycles. The molecule has 0 spiro atoms. The predicted molar refractivity (Wildman–Crippen MR) is 79.2 cm³/mol. The average Bonchev–Trinajstić information content (AvgIpc) is 2.47. The van der Waals surface area contributed by atoms with Crippen LogP contribution < -0.4 is 0 Å². The maximum absolute atomic E-state index is 11.6. The first-order valence-corrected chi connectivity index (χ1v) is 6.61. The summed E-state index contributed by atoms with van der Waals surface area (Å²) >= 11 is 0. The monoisotopic (exact) mass is 280 g/mol. The molecular formula is C17H16N2O2. The summed E-state index contributed by atoms with van der Waals surface area (Å²) in [7, 11) is 0. The fourth-order valence-electron chi connectivity index (χ4n) is 2.28. The Morgan fingerprint density at radius 2 is 1.95 bits per heavy atom. The second kappa shape index (κ2) is 6.58. The summed E-state index contributed by atoms with van der Waals surface area (Å²) in [4.78, 5) is 12.8. The summed E-state index contributed by atoms with van der Waals surface area (Å²) in [6.07, 6.45) is 2.00. The number of rotatable bonds is 5. The predicted octanol–water partition coefficient (Wildman–Crippen LogP) is 3.10. The maximum atomic E-state index is 11.6. The zero-order chi connectivity index (χ0) is 15.2. The van der Waals surface area contributed by atoms with Crippen molar-refractivity contribution in [2.24, 2.45) is 0 Å². The highest BCUT2D eigenvalue weighted by atomic mass is 16.4. The van der Waals surface area contributed by atoms with E-state index in [9.17, 15) is 15.2 Å². The van der Waals surface area contributed by atoms with Gasteiger partial charge in [0.25, 0.3) is 0 Å². The molecule has 2 aromatic carbocycles. The van der Waals surface area contributed by atoms with Crippen molar-refractivity contribution in [1.82, 2.24) is 4.90 Å². The molecule has 0 aliphatic carbocycles. The number of hydrogen-bond donors (Lipinski definition) is 1. The van der Waals surface area contributed by atoms with Gasteiger partial charge < -0.3 is 5.11 Å². The Morgan fingerprint density at radius 1 is 1.24 bits per heavy atom. The molecule has 0 aliphatic heterocycles. The topological polar surface area (TPSA) is 64.3 Å². The van der Waals surface area contributed by atoms with Crippen LogP contribution >= 0.6 is 0 Å². The third-order valence-corrected chi connectivity index (χ3v) is 3.22. The highest BCUT2D eigenvalue weighted by Gasteiger charge is 2.26. The first kappa shape index (κ1) is 14.6. The lowest BCUT2D eigenvalue weighted by molar-refractivity contribution is -0.142. The third-order valence-electron chi connectivity index (χ3n) is 3.22. The van der Waals surface area contributed by atoms with Gasteiger partial charge in [0.2, 0.25) is 0 Å². The summed E-state index contributed by atoms with van der Waals surface area (Å²) in [6.45, 7) is 2.23. The Hall–Kier alpha value is -2.80. The molecule has 21 heavy (non-hydrogen) atoms. The molecule has 0 aliphatic rings. The summed E-state index contributed by atoms with van der Waals surface area (Å²) in [5, 5.41) is 18.8. The molecule has 2 rings (SSSR count). The van der Waals surface area contributed by atoms with Crippen molar-refractivity contribution >= 4 is 5.97 Å². The van der Waals surface area contributed by atoms with E-state index in [2.05, 4.69) is 0 Å². The number of benzene rings is 2. The molecule has 1 atom stereocenters. The van der Waals surface area contributed by atoms with Crippen LogP contribution in [0.15, 0.2) is 54.6 Å². The number of hydrogen-bond acceptors (Lipinski definition) is 3. The largest absolute Gasteiger partial charge is 0.479 e. The lowest BCUT2D eigenvalue weighted by atomic mass is 10.0. The quantitative estimate of drug-likeness (QED) is 0.675. The highest BCUT2D eigenvalue weighted by Crippen LogP contribution is 2.22. The van der Waals surface area contributed by atoms with Gasteiger partial charge in [0, 0.05) is 0 Å². The zero-order valence-electron chi connectivity index (χ0n) is 11.7. The van der Waals surface area contributed by atoms with Crippen molar-refractivity contribution in [3.05, 3.63) is 71.3 Å².